The fourth-order valence-electron chi connectivity index (χ4n) is 9.52. The molecular formula is C33H57NO3. The second-order valence-electron chi connectivity index (χ2n) is 14.2. The summed E-state index contributed by atoms with van der Waals surface area (Å²) in [6, 6.07) is 0. The molecule has 1 N–H and O–H groups in total. The Labute approximate surface area is 227 Å². The molecule has 0 saturated heterocycles. The molecule has 4 aliphatic carbocycles. The van der Waals surface area contributed by atoms with Gasteiger partial charge >= 0.3 is 0 Å². The molecule has 4 aliphatic rings. The van der Waals surface area contributed by atoms with E-state index in [9.17, 15) is 14.7 Å². The summed E-state index contributed by atoms with van der Waals surface area (Å²) in [5.74, 6) is 3.27. The third kappa shape index (κ3) is 5.99. The number of hydrogen-bond donors (Lipinski definition) is 1. The van der Waals surface area contributed by atoms with Crippen molar-refractivity contribution in [1.82, 2.24) is 4.90 Å². The van der Waals surface area contributed by atoms with Crippen LogP contribution in [0, 0.1) is 34.5 Å². The van der Waals surface area contributed by atoms with E-state index >= 15 is 0 Å². The van der Waals surface area contributed by atoms with Crippen LogP contribution in [0.5, 0.6) is 0 Å². The van der Waals surface area contributed by atoms with Crippen molar-refractivity contribution < 1.29 is 14.7 Å². The van der Waals surface area contributed by atoms with Crippen molar-refractivity contribution in [2.75, 3.05) is 13.1 Å². The van der Waals surface area contributed by atoms with Crippen LogP contribution in [-0.2, 0) is 9.59 Å². The minimum Gasteiger partial charge on any atom is -0.388 e. The van der Waals surface area contributed by atoms with E-state index in [2.05, 4.69) is 27.7 Å². The Hall–Kier alpha value is -0.900. The Kier molecular flexibility index (Phi) is 9.51. The van der Waals surface area contributed by atoms with Crippen LogP contribution in [0.25, 0.3) is 0 Å². The zero-order chi connectivity index (χ0) is 26.7. The zero-order valence-corrected chi connectivity index (χ0v) is 24.7. The number of Topliss-reactive ketones (excluding diaryl/α,β-unsaturated/α-hetero) is 1. The molecule has 212 valence electrons. The first-order chi connectivity index (χ1) is 17.7. The van der Waals surface area contributed by atoms with Gasteiger partial charge in [0.15, 0.2) is 0 Å². The maximum absolute atomic E-state index is 13.0. The van der Waals surface area contributed by atoms with Crippen LogP contribution >= 0.6 is 0 Å². The standard InChI is InChI=1S/C33H57NO3/c1-5-7-8-9-10-11-12-22-34(30(36)13-6-2)24-33(37)21-20-31(3)25(23-33)14-15-26-27-16-17-29(35)32(27,4)19-18-28(26)31/h25-28,37H,5-24H2,1-4H3/t25-,26-,27-,28-,31-,32-,33+/m0/s1. The van der Waals surface area contributed by atoms with Crippen molar-refractivity contribution in [2.24, 2.45) is 34.5 Å². The van der Waals surface area contributed by atoms with Gasteiger partial charge in [-0.2, -0.15) is 0 Å². The number of aliphatic hydroxyl groups is 1. The molecule has 0 radical (unpaired) electrons. The van der Waals surface area contributed by atoms with E-state index in [0.29, 0.717) is 42.4 Å². The number of nitrogens with zero attached hydrogens (tertiary/aromatic N) is 1. The highest BCUT2D eigenvalue weighted by Gasteiger charge is 2.61. The number of ketones is 1. The molecule has 0 spiro atoms. The SMILES string of the molecule is CCCCCCCCCN(C[C@@]1(O)CC[C@@]2(C)[C@@H](CC[C@@H]3[C@@H]2CC[C@]2(C)C(=O)CC[C@@H]32)C1)C(=O)CCC. The Balaban J connectivity index is 1.36. The lowest BCUT2D eigenvalue weighted by atomic mass is 9.44. The Bertz CT molecular complexity index is 796. The van der Waals surface area contributed by atoms with Crippen molar-refractivity contribution in [3.63, 3.8) is 0 Å². The summed E-state index contributed by atoms with van der Waals surface area (Å²) in [5, 5.41) is 11.9. The minimum absolute atomic E-state index is 0.0596. The van der Waals surface area contributed by atoms with Gasteiger partial charge in [0.2, 0.25) is 5.91 Å². The Morgan fingerprint density at radius 2 is 1.62 bits per heavy atom. The van der Waals surface area contributed by atoms with E-state index in [1.807, 2.05) is 4.90 Å². The molecule has 0 bridgehead atoms. The summed E-state index contributed by atoms with van der Waals surface area (Å²) < 4.78 is 0. The van der Waals surface area contributed by atoms with Gasteiger partial charge in [-0.05, 0) is 93.3 Å². The first-order valence-corrected chi connectivity index (χ1v) is 16.2. The normalized spacial score (nSPS) is 39.1. The lowest BCUT2D eigenvalue weighted by Crippen LogP contribution is -2.58. The number of carbonyl (C=O) groups excluding carboxylic acids is 2. The summed E-state index contributed by atoms with van der Waals surface area (Å²) in [4.78, 5) is 27.8. The number of fused-ring (bicyclic) bond motifs is 5. The molecule has 1 amide bonds. The quantitative estimate of drug-likeness (QED) is 0.271. The highest BCUT2D eigenvalue weighted by atomic mass is 16.3. The van der Waals surface area contributed by atoms with Gasteiger partial charge in [-0.25, -0.2) is 0 Å². The second kappa shape index (κ2) is 12.1. The van der Waals surface area contributed by atoms with E-state index < -0.39 is 5.60 Å². The number of hydrogen-bond acceptors (Lipinski definition) is 3. The maximum Gasteiger partial charge on any atom is 0.222 e. The minimum atomic E-state index is -0.742. The smallest absolute Gasteiger partial charge is 0.222 e. The summed E-state index contributed by atoms with van der Waals surface area (Å²) in [7, 11) is 0. The van der Waals surface area contributed by atoms with Crippen LogP contribution < -0.4 is 0 Å². The van der Waals surface area contributed by atoms with E-state index in [0.717, 1.165) is 57.9 Å². The first kappa shape index (κ1) is 29.1. The van der Waals surface area contributed by atoms with Crippen molar-refractivity contribution in [2.45, 2.75) is 149 Å². The molecule has 0 unspecified atom stereocenters. The monoisotopic (exact) mass is 515 g/mol. The van der Waals surface area contributed by atoms with Gasteiger partial charge in [0.05, 0.1) is 5.60 Å². The van der Waals surface area contributed by atoms with Gasteiger partial charge in [0.1, 0.15) is 5.78 Å². The van der Waals surface area contributed by atoms with E-state index in [-0.39, 0.29) is 16.7 Å². The fourth-order valence-corrected chi connectivity index (χ4v) is 9.52. The average Bonchev–Trinajstić information content (AvgIpc) is 3.18. The van der Waals surface area contributed by atoms with Crippen LogP contribution in [0.4, 0.5) is 0 Å². The van der Waals surface area contributed by atoms with Gasteiger partial charge in [-0.15, -0.1) is 0 Å². The molecule has 37 heavy (non-hydrogen) atoms. The number of unbranched alkanes of at least 4 members (excludes halogenated alkanes) is 6. The zero-order valence-electron chi connectivity index (χ0n) is 24.7. The fraction of sp³-hybridized carbons (Fsp3) is 0.939. The molecular weight excluding hydrogens is 458 g/mol. The third-order valence-corrected chi connectivity index (χ3v) is 11.9. The molecule has 0 aromatic rings. The van der Waals surface area contributed by atoms with Crippen LogP contribution in [0.3, 0.4) is 0 Å². The summed E-state index contributed by atoms with van der Waals surface area (Å²) in [5.41, 5.74) is -0.525. The number of amides is 1. The molecule has 4 rings (SSSR count). The molecule has 4 heteroatoms. The lowest BCUT2D eigenvalue weighted by molar-refractivity contribution is -0.161. The third-order valence-electron chi connectivity index (χ3n) is 11.9. The number of carbonyl (C=O) groups is 2. The molecule has 4 nitrogen and oxygen atoms in total. The predicted octanol–water partition coefficient (Wildman–Crippen LogP) is 7.71. The Morgan fingerprint density at radius 1 is 0.892 bits per heavy atom. The molecule has 0 aromatic carbocycles. The summed E-state index contributed by atoms with van der Waals surface area (Å²) in [6.07, 6.45) is 19.5. The summed E-state index contributed by atoms with van der Waals surface area (Å²) >= 11 is 0. The van der Waals surface area contributed by atoms with Crippen molar-refractivity contribution in [3.05, 3.63) is 0 Å². The topological polar surface area (TPSA) is 57.6 Å². The van der Waals surface area contributed by atoms with Crippen molar-refractivity contribution in [3.8, 4) is 0 Å². The van der Waals surface area contributed by atoms with Crippen LogP contribution in [-0.4, -0.2) is 40.4 Å². The molecule has 4 saturated carbocycles. The molecule has 4 fully saturated rings. The first-order valence-electron chi connectivity index (χ1n) is 16.2. The molecule has 0 heterocycles. The second-order valence-corrected chi connectivity index (χ2v) is 14.2. The maximum atomic E-state index is 13.0. The number of rotatable bonds is 12. The van der Waals surface area contributed by atoms with Gasteiger partial charge in [-0.3, -0.25) is 9.59 Å². The molecule has 0 aliphatic heterocycles. The highest BCUT2D eigenvalue weighted by molar-refractivity contribution is 5.87. The van der Waals surface area contributed by atoms with Crippen molar-refractivity contribution in [1.29, 1.82) is 0 Å². The van der Waals surface area contributed by atoms with Crippen LogP contribution in [0.1, 0.15) is 143 Å². The Morgan fingerprint density at radius 3 is 2.35 bits per heavy atom. The van der Waals surface area contributed by atoms with Gasteiger partial charge in [-0.1, -0.05) is 66.2 Å². The van der Waals surface area contributed by atoms with E-state index in [4.69, 9.17) is 0 Å². The highest BCUT2D eigenvalue weighted by Crippen LogP contribution is 2.66. The average molecular weight is 516 g/mol. The van der Waals surface area contributed by atoms with E-state index in [1.165, 1.54) is 57.8 Å². The lowest BCUT2D eigenvalue weighted by Gasteiger charge is -2.61. The van der Waals surface area contributed by atoms with Crippen LogP contribution in [0.15, 0.2) is 0 Å². The predicted molar refractivity (Wildman–Crippen MR) is 151 cm³/mol. The summed E-state index contributed by atoms with van der Waals surface area (Å²) in [6.45, 7) is 10.4. The van der Waals surface area contributed by atoms with Crippen LogP contribution in [0.2, 0.25) is 0 Å². The molecule has 7 atom stereocenters. The largest absolute Gasteiger partial charge is 0.388 e. The van der Waals surface area contributed by atoms with Crippen molar-refractivity contribution >= 4 is 11.7 Å². The molecule has 0 aromatic heterocycles. The van der Waals surface area contributed by atoms with Gasteiger partial charge < -0.3 is 10.0 Å². The van der Waals surface area contributed by atoms with Gasteiger partial charge in [0, 0.05) is 31.3 Å². The van der Waals surface area contributed by atoms with Gasteiger partial charge in [0.25, 0.3) is 0 Å². The van der Waals surface area contributed by atoms with E-state index in [1.54, 1.807) is 0 Å².